The quantitative estimate of drug-likeness (QED) is 0.0402. The molecule has 16 heteroatoms. The Morgan fingerprint density at radius 2 is 0.714 bits per heavy atom. The number of para-hydroxylation sites is 2. The number of rotatable bonds is 13. The zero-order valence-corrected chi connectivity index (χ0v) is 40.0. The number of hydrogen-bond donors (Lipinski definition) is 8. The Bertz CT molecular complexity index is 1590. The fourth-order valence-corrected chi connectivity index (χ4v) is 3.67. The number of benzene rings is 5. The molecule has 0 aromatic heterocycles. The van der Waals surface area contributed by atoms with Crippen molar-refractivity contribution in [2.45, 2.75) is 98.4 Å². The Kier molecular flexibility index (Phi) is 93.3. The molecule has 0 saturated heterocycles. The van der Waals surface area contributed by atoms with Crippen molar-refractivity contribution in [3.8, 4) is 23.0 Å². The van der Waals surface area contributed by atoms with Crippen molar-refractivity contribution in [1.29, 1.82) is 0 Å². The van der Waals surface area contributed by atoms with Gasteiger partial charge in [-0.1, -0.05) is 138 Å². The first-order valence-electron chi connectivity index (χ1n) is 19.3. The first kappa shape index (κ1) is 95.1. The summed E-state index contributed by atoms with van der Waals surface area (Å²) < 4.78 is 26.3. The fraction of sp³-hybridized carbons (Fsp3) is 0.407. The molecule has 0 spiro atoms. The number of carbonyl (C=O) groups is 2. The third kappa shape index (κ3) is 52.7. The van der Waals surface area contributed by atoms with Crippen LogP contribution >= 0.6 is 0 Å². The maximum absolute atomic E-state index is 11.5. The monoisotopic (exact) mass is 1070 g/mol. The number of aliphatic hydroxyl groups excluding tert-OH is 2. The van der Waals surface area contributed by atoms with Crippen molar-refractivity contribution in [1.82, 2.24) is 0 Å². The molecule has 5 rings (SSSR count). The fourth-order valence-electron chi connectivity index (χ4n) is 3.67. The van der Waals surface area contributed by atoms with Crippen molar-refractivity contribution < 1.29 is 76.2 Å². The smallest absolute Gasteiger partial charge is 0.340 e. The third-order valence-electron chi connectivity index (χ3n) is 6.35. The van der Waals surface area contributed by atoms with Gasteiger partial charge in [-0.2, -0.15) is 0 Å². The second-order valence-electron chi connectivity index (χ2n) is 11.5. The summed E-state index contributed by atoms with van der Waals surface area (Å²) in [6.45, 7) is 5.68. The van der Waals surface area contributed by atoms with Crippen LogP contribution in [0.4, 0.5) is 0 Å². The van der Waals surface area contributed by atoms with E-state index in [1.54, 1.807) is 67.6 Å². The van der Waals surface area contributed by atoms with Crippen molar-refractivity contribution in [3.05, 3.63) is 157 Å². The van der Waals surface area contributed by atoms with Gasteiger partial charge in [0.25, 0.3) is 0 Å². The molecule has 3 unspecified atom stereocenters. The number of carbonyl (C=O) groups excluding carboxylic acids is 2. The van der Waals surface area contributed by atoms with E-state index >= 15 is 0 Å². The minimum Gasteiger partial charge on any atom is -0.457 e. The molecular weight excluding hydrogens is 966 g/mol. The summed E-state index contributed by atoms with van der Waals surface area (Å²) in [4.78, 5) is 23.1. The van der Waals surface area contributed by atoms with Crippen LogP contribution in [0, 0.1) is 0 Å². The Morgan fingerprint density at radius 3 is 0.971 bits per heavy atom. The van der Waals surface area contributed by atoms with Gasteiger partial charge in [0, 0.05) is 50.9 Å². The van der Waals surface area contributed by atoms with Crippen LogP contribution in [0.2, 0.25) is 0 Å². The summed E-state index contributed by atoms with van der Waals surface area (Å²) in [5.74, 6) is 2.07. The van der Waals surface area contributed by atoms with Crippen molar-refractivity contribution >= 4 is 11.9 Å². The number of nitrogens with two attached hydrogens (primary N) is 6. The number of aliphatic hydroxyl groups is 2. The number of esters is 2. The second kappa shape index (κ2) is 68.6. The van der Waals surface area contributed by atoms with Gasteiger partial charge in [-0.25, -0.2) is 9.59 Å². The molecule has 3 atom stereocenters. The molecule has 15 nitrogen and oxygen atoms in total. The maximum Gasteiger partial charge on any atom is 0.340 e. The molecule has 0 saturated carbocycles. The maximum atomic E-state index is 11.5. The van der Waals surface area contributed by atoms with Crippen LogP contribution < -0.4 is 43.9 Å². The molecule has 14 N–H and O–H groups in total. The van der Waals surface area contributed by atoms with Crippen LogP contribution in [0.25, 0.3) is 0 Å². The predicted octanol–water partition coefficient (Wildman–Crippen LogP) is 10.4. The van der Waals surface area contributed by atoms with Crippen LogP contribution in [0.1, 0.15) is 101 Å². The predicted molar refractivity (Wildman–Crippen MR) is 299 cm³/mol. The van der Waals surface area contributed by atoms with E-state index in [0.717, 1.165) is 23.0 Å². The Balaban J connectivity index is -0.0000000629. The molecular formula is C54H102N6O9Y. The molecule has 0 fully saturated rings. The van der Waals surface area contributed by atoms with Crippen LogP contribution in [0.3, 0.4) is 0 Å². The van der Waals surface area contributed by atoms with Gasteiger partial charge in [0.2, 0.25) is 6.79 Å². The van der Waals surface area contributed by atoms with Gasteiger partial charge in [-0.3, -0.25) is 0 Å². The van der Waals surface area contributed by atoms with E-state index in [0.29, 0.717) is 17.7 Å². The molecule has 0 heterocycles. The summed E-state index contributed by atoms with van der Waals surface area (Å²) >= 11 is 0. The third-order valence-corrected chi connectivity index (χ3v) is 6.35. The minimum absolute atomic E-state index is 0. The van der Waals surface area contributed by atoms with Gasteiger partial charge in [-0.05, 0) is 110 Å². The molecule has 0 aliphatic rings. The zero-order chi connectivity index (χ0) is 46.7. The molecule has 405 valence electrons. The summed E-state index contributed by atoms with van der Waals surface area (Å²) in [5, 5.41) is 16.5. The Morgan fingerprint density at radius 1 is 0.443 bits per heavy atom. The van der Waals surface area contributed by atoms with E-state index in [-0.39, 0.29) is 124 Å². The minimum atomic E-state index is -0.526. The standard InChI is InChI=1S/C18H14O2.C15H12O4.C6H15NO2.C3H9NO.4CH5N.8CH4.Y/c1-3-8-15(9-4-1)19-17-12-7-13-18(14-17)20-16-10-5-2-6-11-16;16-14(12-7-3-1-4-8-12)18-11-19-15(17)13-9-5-2-6-10-13;1-5(7)4-9-6(2)3-8;1-3(4)2-5;4*1-2;;;;;;;;;/h1-14H;1-10H,11H2;5-6,8H,3-4,7H2,1-2H3;3,5H,2,4H2,1H3;4*2H2,1H3;8*1H4;. The molecule has 0 aliphatic carbocycles. The summed E-state index contributed by atoms with van der Waals surface area (Å²) in [7, 11) is 6.00. The van der Waals surface area contributed by atoms with Gasteiger partial charge in [0.05, 0.1) is 37.1 Å². The van der Waals surface area contributed by atoms with Gasteiger partial charge in [0.15, 0.2) is 0 Å². The van der Waals surface area contributed by atoms with Crippen LogP contribution in [0.5, 0.6) is 23.0 Å². The molecule has 70 heavy (non-hydrogen) atoms. The van der Waals surface area contributed by atoms with Crippen LogP contribution in [-0.4, -0.2) is 95.1 Å². The summed E-state index contributed by atoms with van der Waals surface area (Å²) in [6.07, 6.45) is -0.0870. The van der Waals surface area contributed by atoms with Crippen LogP contribution in [0.15, 0.2) is 146 Å². The first-order chi connectivity index (χ1) is 29.6. The normalized spacial score (nSPS) is 9.13. The van der Waals surface area contributed by atoms with Crippen LogP contribution in [-0.2, 0) is 46.9 Å². The zero-order valence-electron chi connectivity index (χ0n) is 37.2. The number of ether oxygens (including phenoxy) is 5. The molecule has 1 radical (unpaired) electrons. The van der Waals surface area contributed by atoms with Gasteiger partial charge < -0.3 is 68.3 Å². The van der Waals surface area contributed by atoms with E-state index in [1.165, 1.54) is 28.2 Å². The van der Waals surface area contributed by atoms with E-state index in [2.05, 4.69) is 22.9 Å². The van der Waals surface area contributed by atoms with Gasteiger partial charge >= 0.3 is 11.9 Å². The molecule has 0 aliphatic heterocycles. The van der Waals surface area contributed by atoms with E-state index in [9.17, 15) is 9.59 Å². The van der Waals surface area contributed by atoms with Crippen molar-refractivity contribution in [2.24, 2.45) is 34.4 Å². The second-order valence-corrected chi connectivity index (χ2v) is 11.5. The molecule has 0 amide bonds. The molecule has 0 bridgehead atoms. The van der Waals surface area contributed by atoms with Gasteiger partial charge in [-0.15, -0.1) is 0 Å². The Hall–Kier alpha value is -4.62. The Labute approximate surface area is 452 Å². The van der Waals surface area contributed by atoms with E-state index in [1.807, 2.05) is 98.8 Å². The topological polar surface area (TPSA) is 277 Å². The van der Waals surface area contributed by atoms with Crippen molar-refractivity contribution in [3.63, 3.8) is 0 Å². The average Bonchev–Trinajstić information content (AvgIpc) is 3.32. The van der Waals surface area contributed by atoms with Crippen molar-refractivity contribution in [2.75, 3.05) is 54.8 Å². The number of hydrogen-bond acceptors (Lipinski definition) is 15. The largest absolute Gasteiger partial charge is 0.457 e. The van der Waals surface area contributed by atoms with E-state index in [4.69, 9.17) is 45.4 Å². The molecule has 5 aromatic carbocycles. The summed E-state index contributed by atoms with van der Waals surface area (Å²) in [5.41, 5.74) is 29.3. The average molecular weight is 1070 g/mol. The summed E-state index contributed by atoms with van der Waals surface area (Å²) in [6, 6.07) is 44.0. The molecule has 5 aromatic rings. The first-order valence-corrected chi connectivity index (χ1v) is 19.3. The SMILES string of the molecule is C.C.C.C.C.C.C.C.CC(N)CO.CC(N)COC(C)CO.CN.CN.CN.CN.O=C(OCOC(=O)c1ccccc1)c1ccccc1.[Y].c1ccc(Oc2cccc(Oc3ccccc3)c2)cc1. The van der Waals surface area contributed by atoms with E-state index < -0.39 is 18.7 Å². The van der Waals surface area contributed by atoms with Gasteiger partial charge in [0.1, 0.15) is 23.0 Å².